The quantitative estimate of drug-likeness (QED) is 0.475. The van der Waals surface area contributed by atoms with Crippen molar-refractivity contribution in [3.63, 3.8) is 0 Å². The van der Waals surface area contributed by atoms with E-state index in [2.05, 4.69) is 22.1 Å². The second-order valence-electron chi connectivity index (χ2n) is 9.41. The van der Waals surface area contributed by atoms with Crippen molar-refractivity contribution in [1.82, 2.24) is 28.9 Å². The maximum atomic E-state index is 14.1. The Morgan fingerprint density at radius 2 is 1.76 bits per heavy atom. The van der Waals surface area contributed by atoms with Gasteiger partial charge in [0.15, 0.2) is 11.2 Å². The second kappa shape index (κ2) is 11.9. The van der Waals surface area contributed by atoms with Gasteiger partial charge in [0.25, 0.3) is 5.56 Å². The molecule has 2 saturated heterocycles. The number of anilines is 1. The number of hydrogen-bond donors (Lipinski definition) is 1. The Balaban J connectivity index is 0.00000336. The van der Waals surface area contributed by atoms with E-state index in [0.29, 0.717) is 44.2 Å². The first-order valence-corrected chi connectivity index (χ1v) is 13.0. The Kier molecular flexibility index (Phi) is 8.59. The summed E-state index contributed by atoms with van der Waals surface area (Å²) in [5.41, 5.74) is 0.930. The zero-order valence-electron chi connectivity index (χ0n) is 21.9. The van der Waals surface area contributed by atoms with Crippen LogP contribution in [0.2, 0.25) is 0 Å². The first-order chi connectivity index (χ1) is 18.0. The molecule has 2 fully saturated rings. The molecule has 1 amide bonds. The molecular weight excluding hydrogens is 506 g/mol. The van der Waals surface area contributed by atoms with Gasteiger partial charge in [-0.25, -0.2) is 9.36 Å². The molecule has 1 aromatic carbocycles. The van der Waals surface area contributed by atoms with Crippen LogP contribution in [0.3, 0.4) is 0 Å². The summed E-state index contributed by atoms with van der Waals surface area (Å²) in [6, 6.07) is 7.41. The third-order valence-corrected chi connectivity index (χ3v) is 7.19. The fourth-order valence-electron chi connectivity index (χ4n) is 5.23. The van der Waals surface area contributed by atoms with Crippen LogP contribution in [0, 0.1) is 11.8 Å². The molecule has 4 heterocycles. The molecule has 10 nitrogen and oxygen atoms in total. The van der Waals surface area contributed by atoms with Crippen molar-refractivity contribution in [3.8, 4) is 17.5 Å². The summed E-state index contributed by atoms with van der Waals surface area (Å²) >= 11 is 0. The van der Waals surface area contributed by atoms with Gasteiger partial charge in [-0.15, -0.1) is 18.3 Å². The Morgan fingerprint density at radius 3 is 2.45 bits per heavy atom. The Bertz CT molecular complexity index is 1500. The zero-order chi connectivity index (χ0) is 25.9. The molecule has 0 saturated carbocycles. The van der Waals surface area contributed by atoms with Gasteiger partial charge in [0, 0.05) is 39.3 Å². The van der Waals surface area contributed by atoms with E-state index >= 15 is 0 Å². The zero-order valence-corrected chi connectivity index (χ0v) is 22.7. The van der Waals surface area contributed by atoms with Crippen molar-refractivity contribution in [2.75, 3.05) is 44.2 Å². The predicted octanol–water partition coefficient (Wildman–Crippen LogP) is 1.39. The van der Waals surface area contributed by atoms with Crippen molar-refractivity contribution in [3.05, 3.63) is 50.7 Å². The number of nitrogens with one attached hydrogen (secondary N) is 1. The van der Waals surface area contributed by atoms with Crippen LogP contribution in [0.5, 0.6) is 0 Å². The summed E-state index contributed by atoms with van der Waals surface area (Å²) in [6.45, 7) is 8.21. The number of piperazine rings is 1. The van der Waals surface area contributed by atoms with E-state index in [9.17, 15) is 14.4 Å². The van der Waals surface area contributed by atoms with Crippen LogP contribution in [0.1, 0.15) is 32.3 Å². The van der Waals surface area contributed by atoms with E-state index in [1.54, 1.807) is 22.5 Å². The summed E-state index contributed by atoms with van der Waals surface area (Å²) in [5, 5.41) is 3.34. The number of carbonyl (C=O) groups is 1. The fourth-order valence-corrected chi connectivity index (χ4v) is 5.23. The predicted molar refractivity (Wildman–Crippen MR) is 151 cm³/mol. The number of likely N-dealkylation sites (tertiary alicyclic amines) is 1. The lowest BCUT2D eigenvalue weighted by Gasteiger charge is -2.28. The number of rotatable bonds is 6. The van der Waals surface area contributed by atoms with E-state index in [1.807, 2.05) is 25.1 Å². The number of para-hydroxylation sites is 1. The molecule has 11 heteroatoms. The summed E-state index contributed by atoms with van der Waals surface area (Å²) in [6.07, 6.45) is 2.56. The van der Waals surface area contributed by atoms with Crippen molar-refractivity contribution in [1.29, 1.82) is 0 Å². The van der Waals surface area contributed by atoms with E-state index in [0.717, 1.165) is 31.5 Å². The number of hydrogen-bond acceptors (Lipinski definition) is 6. The lowest BCUT2D eigenvalue weighted by atomic mass is 10.1. The molecule has 2 aliphatic rings. The molecule has 5 rings (SSSR count). The van der Waals surface area contributed by atoms with Gasteiger partial charge in [0.2, 0.25) is 11.9 Å². The largest absolute Gasteiger partial charge is 0.341 e. The van der Waals surface area contributed by atoms with Crippen molar-refractivity contribution in [2.24, 2.45) is 0 Å². The van der Waals surface area contributed by atoms with E-state index < -0.39 is 11.2 Å². The fraction of sp³-hybridized carbons (Fsp3) is 0.481. The molecule has 0 unspecified atom stereocenters. The number of carbonyl (C=O) groups excluding carboxylic acids is 1. The lowest BCUT2D eigenvalue weighted by Crippen LogP contribution is -2.44. The summed E-state index contributed by atoms with van der Waals surface area (Å²) < 4.78 is 4.39. The first kappa shape index (κ1) is 27.5. The highest BCUT2D eigenvalue weighted by Crippen LogP contribution is 2.22. The molecular formula is C27H34ClN7O3. The van der Waals surface area contributed by atoms with Gasteiger partial charge in [-0.2, -0.15) is 4.98 Å². The van der Waals surface area contributed by atoms with Crippen LogP contribution < -0.4 is 21.5 Å². The number of amides is 1. The van der Waals surface area contributed by atoms with Gasteiger partial charge in [0.1, 0.15) is 6.54 Å². The van der Waals surface area contributed by atoms with Crippen molar-refractivity contribution in [2.45, 2.75) is 46.2 Å². The third-order valence-electron chi connectivity index (χ3n) is 7.19. The van der Waals surface area contributed by atoms with Crippen LogP contribution in [-0.4, -0.2) is 68.8 Å². The van der Waals surface area contributed by atoms with Crippen molar-refractivity contribution < 1.29 is 4.79 Å². The number of benzene rings is 1. The smallest absolute Gasteiger partial charge is 0.337 e. The number of aryl methyl sites for hydroxylation is 1. The van der Waals surface area contributed by atoms with E-state index in [1.165, 1.54) is 9.13 Å². The maximum absolute atomic E-state index is 14.1. The second-order valence-corrected chi connectivity index (χ2v) is 9.41. The summed E-state index contributed by atoms with van der Waals surface area (Å²) in [4.78, 5) is 50.1. The highest BCUT2D eigenvalue weighted by atomic mass is 35.5. The molecule has 0 radical (unpaired) electrons. The molecule has 38 heavy (non-hydrogen) atoms. The average molecular weight is 540 g/mol. The molecule has 0 atom stereocenters. The van der Waals surface area contributed by atoms with E-state index in [4.69, 9.17) is 4.98 Å². The Hall–Kier alpha value is -3.55. The van der Waals surface area contributed by atoms with Crippen LogP contribution in [-0.2, 0) is 24.3 Å². The van der Waals surface area contributed by atoms with Crippen LogP contribution in [0.4, 0.5) is 5.95 Å². The van der Waals surface area contributed by atoms with Crippen LogP contribution in [0.25, 0.3) is 16.9 Å². The number of halogens is 1. The van der Waals surface area contributed by atoms with Gasteiger partial charge in [-0.1, -0.05) is 31.0 Å². The molecule has 1 N–H and O–H groups in total. The standard InChI is InChI=1S/C27H33N7O3.ClH/c1-3-5-16-32-23-24(29-26(32)31-17-12-28-13-18-31)33(19-22(35)30-14-8-9-15-30)27(37)34(25(23)36)21-11-7-6-10-20(21)4-2;/h6-7,10-11,28H,4,8-9,12-19H2,1-2H3;1H. The SMILES string of the molecule is CC#CCn1c(N2CCNCC2)nc2c1c(=O)n(-c1ccccc1CC)c(=O)n2CC(=O)N1CCCC1.Cl. The minimum Gasteiger partial charge on any atom is -0.341 e. The topological polar surface area (TPSA) is 97.4 Å². The van der Waals surface area contributed by atoms with E-state index in [-0.39, 0.29) is 42.6 Å². The number of fused-ring (bicyclic) bond motifs is 1. The number of imidazole rings is 1. The Labute approximate surface area is 227 Å². The average Bonchev–Trinajstić information content (AvgIpc) is 3.59. The van der Waals surface area contributed by atoms with Crippen LogP contribution >= 0.6 is 12.4 Å². The van der Waals surface area contributed by atoms with Crippen LogP contribution in [0.15, 0.2) is 33.9 Å². The molecule has 0 aliphatic carbocycles. The van der Waals surface area contributed by atoms with Crippen molar-refractivity contribution >= 4 is 35.4 Å². The monoisotopic (exact) mass is 539 g/mol. The minimum atomic E-state index is -0.552. The minimum absolute atomic E-state index is 0. The molecule has 3 aromatic rings. The maximum Gasteiger partial charge on any atom is 0.337 e. The number of nitrogens with zero attached hydrogens (tertiary/aromatic N) is 6. The molecule has 0 bridgehead atoms. The normalized spacial score (nSPS) is 15.3. The summed E-state index contributed by atoms with van der Waals surface area (Å²) in [5.74, 6) is 6.44. The summed E-state index contributed by atoms with van der Waals surface area (Å²) in [7, 11) is 0. The Morgan fingerprint density at radius 1 is 1.05 bits per heavy atom. The third kappa shape index (κ3) is 4.96. The molecule has 202 valence electrons. The van der Waals surface area contributed by atoms with Gasteiger partial charge < -0.3 is 15.1 Å². The highest BCUT2D eigenvalue weighted by Gasteiger charge is 2.28. The molecule has 2 aromatic heterocycles. The lowest BCUT2D eigenvalue weighted by molar-refractivity contribution is -0.130. The number of aromatic nitrogens is 4. The molecule has 2 aliphatic heterocycles. The molecule has 0 spiro atoms. The van der Waals surface area contributed by atoms with Gasteiger partial charge >= 0.3 is 5.69 Å². The van der Waals surface area contributed by atoms with Gasteiger partial charge in [-0.3, -0.25) is 18.7 Å². The van der Waals surface area contributed by atoms with Gasteiger partial charge in [0.05, 0.1) is 12.2 Å². The van der Waals surface area contributed by atoms with Gasteiger partial charge in [-0.05, 0) is 37.8 Å². The first-order valence-electron chi connectivity index (χ1n) is 13.0. The highest BCUT2D eigenvalue weighted by molar-refractivity contribution is 5.85.